The average Bonchev–Trinajstić information content (AvgIpc) is 2.14. The quantitative estimate of drug-likeness (QED) is 0.453. The third-order valence-corrected chi connectivity index (χ3v) is 1.92. The molecule has 0 bridgehead atoms. The summed E-state index contributed by atoms with van der Waals surface area (Å²) >= 11 is 0. The Balaban J connectivity index is 3.00. The Morgan fingerprint density at radius 1 is 1.21 bits per heavy atom. The highest BCUT2D eigenvalue weighted by atomic mass is 14.7. The fraction of sp³-hybridized carbons (Fsp3) is 0.273. The highest BCUT2D eigenvalue weighted by Gasteiger charge is 1.99. The Kier molecular flexibility index (Phi) is 3.38. The van der Waals surface area contributed by atoms with E-state index in [9.17, 15) is 0 Å². The lowest BCUT2D eigenvalue weighted by Crippen LogP contribution is -1.97. The molecule has 1 aromatic rings. The van der Waals surface area contributed by atoms with Crippen LogP contribution in [-0.4, -0.2) is 6.54 Å². The van der Waals surface area contributed by atoms with Gasteiger partial charge in [-0.15, -0.1) is 0 Å². The summed E-state index contributed by atoms with van der Waals surface area (Å²) < 4.78 is 0. The molecule has 0 aliphatic heterocycles. The number of hydrogen-bond donors (Lipinski definition) is 3. The Morgan fingerprint density at radius 2 is 1.86 bits per heavy atom. The van der Waals surface area contributed by atoms with Crippen molar-refractivity contribution in [3.63, 3.8) is 0 Å². The fourth-order valence-electron chi connectivity index (χ4n) is 1.11. The molecule has 0 amide bonds. The second-order valence-corrected chi connectivity index (χ2v) is 3.14. The minimum absolute atomic E-state index is 0.577. The SMILES string of the molecule is Cc1cc(N)c(N)cc1C#CCCN. The van der Waals surface area contributed by atoms with Gasteiger partial charge in [-0.25, -0.2) is 0 Å². The van der Waals surface area contributed by atoms with Crippen LogP contribution < -0.4 is 17.2 Å². The molecule has 0 saturated carbocycles. The van der Waals surface area contributed by atoms with Gasteiger partial charge in [-0.3, -0.25) is 0 Å². The summed E-state index contributed by atoms with van der Waals surface area (Å²) in [5.74, 6) is 5.98. The number of benzene rings is 1. The Labute approximate surface area is 84.3 Å². The summed E-state index contributed by atoms with van der Waals surface area (Å²) in [6, 6.07) is 3.63. The van der Waals surface area contributed by atoms with Crippen molar-refractivity contribution in [3.8, 4) is 11.8 Å². The lowest BCUT2D eigenvalue weighted by atomic mass is 10.1. The Bertz CT molecular complexity index is 385. The molecule has 0 aromatic heterocycles. The highest BCUT2D eigenvalue weighted by Crippen LogP contribution is 2.19. The van der Waals surface area contributed by atoms with Crippen molar-refractivity contribution in [2.45, 2.75) is 13.3 Å². The number of anilines is 2. The molecule has 3 heteroatoms. The first-order valence-corrected chi connectivity index (χ1v) is 4.49. The topological polar surface area (TPSA) is 78.1 Å². The predicted molar refractivity (Wildman–Crippen MR) is 60.6 cm³/mol. The van der Waals surface area contributed by atoms with Crippen molar-refractivity contribution in [1.29, 1.82) is 0 Å². The summed E-state index contributed by atoms with van der Waals surface area (Å²) in [6.07, 6.45) is 0.698. The van der Waals surface area contributed by atoms with Crippen LogP contribution in [0.5, 0.6) is 0 Å². The van der Waals surface area contributed by atoms with Gasteiger partial charge in [0.25, 0.3) is 0 Å². The molecule has 14 heavy (non-hydrogen) atoms. The summed E-state index contributed by atoms with van der Waals surface area (Å²) in [4.78, 5) is 0. The molecule has 0 heterocycles. The van der Waals surface area contributed by atoms with Gasteiger partial charge in [0.05, 0.1) is 11.4 Å². The number of aryl methyl sites for hydroxylation is 1. The third-order valence-electron chi connectivity index (χ3n) is 1.92. The first kappa shape index (κ1) is 10.4. The van der Waals surface area contributed by atoms with E-state index in [1.165, 1.54) is 0 Å². The van der Waals surface area contributed by atoms with Crippen LogP contribution in [0.4, 0.5) is 11.4 Å². The first-order valence-electron chi connectivity index (χ1n) is 4.49. The van der Waals surface area contributed by atoms with Gasteiger partial charge in [0.1, 0.15) is 0 Å². The van der Waals surface area contributed by atoms with Gasteiger partial charge < -0.3 is 17.2 Å². The molecule has 1 aromatic carbocycles. The second-order valence-electron chi connectivity index (χ2n) is 3.14. The van der Waals surface area contributed by atoms with Crippen LogP contribution >= 0.6 is 0 Å². The molecule has 0 fully saturated rings. The standard InChI is InChI=1S/C11H15N3/c1-8-6-10(13)11(14)7-9(8)4-2-3-5-12/h6-7H,3,5,12-14H2,1H3. The maximum absolute atomic E-state index is 5.68. The van der Waals surface area contributed by atoms with Crippen molar-refractivity contribution >= 4 is 11.4 Å². The van der Waals surface area contributed by atoms with Crippen LogP contribution in [0.3, 0.4) is 0 Å². The van der Waals surface area contributed by atoms with Crippen molar-refractivity contribution in [2.75, 3.05) is 18.0 Å². The molecule has 1 rings (SSSR count). The zero-order valence-electron chi connectivity index (χ0n) is 8.30. The van der Waals surface area contributed by atoms with Gasteiger partial charge in [-0.1, -0.05) is 11.8 Å². The minimum atomic E-state index is 0.577. The molecular formula is C11H15N3. The van der Waals surface area contributed by atoms with Gasteiger partial charge >= 0.3 is 0 Å². The molecule has 0 unspecified atom stereocenters. The van der Waals surface area contributed by atoms with E-state index in [0.29, 0.717) is 24.3 Å². The van der Waals surface area contributed by atoms with Crippen molar-refractivity contribution in [2.24, 2.45) is 5.73 Å². The van der Waals surface area contributed by atoms with Crippen LogP contribution in [0.1, 0.15) is 17.5 Å². The van der Waals surface area contributed by atoms with E-state index >= 15 is 0 Å². The van der Waals surface area contributed by atoms with Crippen LogP contribution in [0.25, 0.3) is 0 Å². The summed E-state index contributed by atoms with van der Waals surface area (Å²) in [5, 5.41) is 0. The van der Waals surface area contributed by atoms with Crippen LogP contribution in [0, 0.1) is 18.8 Å². The maximum atomic E-state index is 5.68. The average molecular weight is 189 g/mol. The monoisotopic (exact) mass is 189 g/mol. The van der Waals surface area contributed by atoms with E-state index in [4.69, 9.17) is 17.2 Å². The minimum Gasteiger partial charge on any atom is -0.397 e. The molecule has 0 spiro atoms. The number of hydrogen-bond acceptors (Lipinski definition) is 3. The molecule has 0 radical (unpaired) electrons. The summed E-state index contributed by atoms with van der Waals surface area (Å²) in [7, 11) is 0. The van der Waals surface area contributed by atoms with Gasteiger partial charge in [0.2, 0.25) is 0 Å². The maximum Gasteiger partial charge on any atom is 0.0560 e. The zero-order valence-corrected chi connectivity index (χ0v) is 8.30. The molecule has 0 atom stereocenters. The van der Waals surface area contributed by atoms with Gasteiger partial charge in [-0.05, 0) is 24.6 Å². The molecule has 0 aliphatic carbocycles. The van der Waals surface area contributed by atoms with E-state index in [1.807, 2.05) is 13.0 Å². The third kappa shape index (κ3) is 2.41. The smallest absolute Gasteiger partial charge is 0.0560 e. The highest BCUT2D eigenvalue weighted by molar-refractivity contribution is 5.67. The zero-order chi connectivity index (χ0) is 10.6. The van der Waals surface area contributed by atoms with E-state index < -0.39 is 0 Å². The van der Waals surface area contributed by atoms with Gasteiger partial charge in [0.15, 0.2) is 0 Å². The first-order chi connectivity index (χ1) is 6.65. The van der Waals surface area contributed by atoms with Gasteiger partial charge in [-0.2, -0.15) is 0 Å². The summed E-state index contributed by atoms with van der Waals surface area (Å²) in [5.41, 5.74) is 19.8. The normalized spacial score (nSPS) is 9.29. The molecule has 3 nitrogen and oxygen atoms in total. The fourth-order valence-corrected chi connectivity index (χ4v) is 1.11. The van der Waals surface area contributed by atoms with E-state index in [0.717, 1.165) is 11.1 Å². The van der Waals surface area contributed by atoms with E-state index in [2.05, 4.69) is 11.8 Å². The number of rotatable bonds is 1. The molecule has 0 saturated heterocycles. The van der Waals surface area contributed by atoms with Crippen LogP contribution in [-0.2, 0) is 0 Å². The van der Waals surface area contributed by atoms with E-state index in [-0.39, 0.29) is 0 Å². The summed E-state index contributed by atoms with van der Waals surface area (Å²) in [6.45, 7) is 2.54. The number of nitrogens with two attached hydrogens (primary N) is 3. The van der Waals surface area contributed by atoms with Crippen molar-refractivity contribution in [3.05, 3.63) is 23.3 Å². The Hall–Kier alpha value is -1.66. The van der Waals surface area contributed by atoms with Crippen molar-refractivity contribution < 1.29 is 0 Å². The van der Waals surface area contributed by atoms with Crippen molar-refractivity contribution in [1.82, 2.24) is 0 Å². The van der Waals surface area contributed by atoms with Gasteiger partial charge in [0, 0.05) is 18.5 Å². The molecule has 0 aliphatic rings. The lowest BCUT2D eigenvalue weighted by molar-refractivity contribution is 1.03. The second kappa shape index (κ2) is 4.54. The molecule has 6 N–H and O–H groups in total. The predicted octanol–water partition coefficient (Wildman–Crippen LogP) is 0.860. The Morgan fingerprint density at radius 3 is 2.50 bits per heavy atom. The lowest BCUT2D eigenvalue weighted by Gasteiger charge is -2.03. The van der Waals surface area contributed by atoms with Crippen LogP contribution in [0.2, 0.25) is 0 Å². The molecule has 74 valence electrons. The molecular weight excluding hydrogens is 174 g/mol. The van der Waals surface area contributed by atoms with E-state index in [1.54, 1.807) is 6.07 Å². The largest absolute Gasteiger partial charge is 0.397 e. The number of nitrogen functional groups attached to an aromatic ring is 2. The van der Waals surface area contributed by atoms with Crippen LogP contribution in [0.15, 0.2) is 12.1 Å².